The third-order valence-corrected chi connectivity index (χ3v) is 5.71. The fraction of sp³-hybridized carbons (Fsp3) is 0.522. The molecule has 1 fully saturated rings. The summed E-state index contributed by atoms with van der Waals surface area (Å²) >= 11 is 0. The van der Waals surface area contributed by atoms with Gasteiger partial charge >= 0.3 is 5.69 Å². The van der Waals surface area contributed by atoms with Crippen molar-refractivity contribution in [3.8, 4) is 0 Å². The minimum absolute atomic E-state index is 0.0960. The lowest BCUT2D eigenvalue weighted by Gasteiger charge is -2.35. The van der Waals surface area contributed by atoms with E-state index in [4.69, 9.17) is 9.72 Å². The van der Waals surface area contributed by atoms with Gasteiger partial charge in [0.15, 0.2) is 0 Å². The van der Waals surface area contributed by atoms with E-state index in [2.05, 4.69) is 29.0 Å². The van der Waals surface area contributed by atoms with Gasteiger partial charge in [0.25, 0.3) is 0 Å². The number of imidazole rings is 1. The van der Waals surface area contributed by atoms with Gasteiger partial charge in [0.1, 0.15) is 5.82 Å². The summed E-state index contributed by atoms with van der Waals surface area (Å²) < 4.78 is 9.15. The Morgan fingerprint density at radius 1 is 1.19 bits per heavy atom. The molecule has 1 aliphatic rings. The number of rotatable bonds is 6. The number of nitrogens with zero attached hydrogens (tertiary/aromatic N) is 5. The van der Waals surface area contributed by atoms with E-state index in [-0.39, 0.29) is 17.9 Å². The number of nitrogens with one attached hydrogen (secondary N) is 1. The van der Waals surface area contributed by atoms with Crippen molar-refractivity contribution in [1.82, 2.24) is 19.1 Å². The van der Waals surface area contributed by atoms with E-state index in [9.17, 15) is 9.90 Å². The van der Waals surface area contributed by atoms with Gasteiger partial charge in [0, 0.05) is 38.6 Å². The molecule has 1 aromatic carbocycles. The Labute approximate surface area is 187 Å². The molecule has 0 bridgehead atoms. The normalized spacial score (nSPS) is 19.5. The Morgan fingerprint density at radius 3 is 2.59 bits per heavy atom. The third kappa shape index (κ3) is 4.78. The lowest BCUT2D eigenvalue weighted by Crippen LogP contribution is -2.46. The van der Waals surface area contributed by atoms with Crippen LogP contribution in [-0.4, -0.2) is 55.1 Å². The summed E-state index contributed by atoms with van der Waals surface area (Å²) in [4.78, 5) is 24.0. The Hall–Kier alpha value is -2.91. The van der Waals surface area contributed by atoms with Crippen LogP contribution in [0.2, 0.25) is 0 Å². The highest BCUT2D eigenvalue weighted by molar-refractivity contribution is 5.81. The number of benzene rings is 1. The van der Waals surface area contributed by atoms with Crippen LogP contribution in [0.25, 0.3) is 11.0 Å². The summed E-state index contributed by atoms with van der Waals surface area (Å²) in [5, 5.41) is 13.4. The van der Waals surface area contributed by atoms with Crippen molar-refractivity contribution < 1.29 is 9.84 Å². The van der Waals surface area contributed by atoms with E-state index in [0.717, 1.165) is 29.8 Å². The van der Waals surface area contributed by atoms with Gasteiger partial charge in [-0.25, -0.2) is 9.78 Å². The van der Waals surface area contributed by atoms with Crippen molar-refractivity contribution in [2.75, 3.05) is 23.3 Å². The molecule has 172 valence electrons. The van der Waals surface area contributed by atoms with Crippen LogP contribution in [0, 0.1) is 0 Å². The van der Waals surface area contributed by atoms with Gasteiger partial charge in [-0.1, -0.05) is 0 Å². The van der Waals surface area contributed by atoms with Crippen molar-refractivity contribution in [2.45, 2.75) is 58.5 Å². The monoisotopic (exact) mass is 440 g/mol. The minimum atomic E-state index is -0.844. The fourth-order valence-corrected chi connectivity index (χ4v) is 4.15. The van der Waals surface area contributed by atoms with E-state index in [1.54, 1.807) is 36.2 Å². The first-order valence-corrected chi connectivity index (χ1v) is 11.0. The molecule has 4 rings (SSSR count). The lowest BCUT2D eigenvalue weighted by atomic mass is 10.1. The Morgan fingerprint density at radius 2 is 1.91 bits per heavy atom. The number of hydrogen-bond donors (Lipinski definition) is 2. The summed E-state index contributed by atoms with van der Waals surface area (Å²) in [6.07, 6.45) is 2.48. The third-order valence-electron chi connectivity index (χ3n) is 5.71. The van der Waals surface area contributed by atoms with Crippen molar-refractivity contribution in [3.05, 3.63) is 40.9 Å². The molecule has 1 saturated heterocycles. The van der Waals surface area contributed by atoms with E-state index in [0.29, 0.717) is 24.7 Å². The number of aliphatic hydroxyl groups is 1. The van der Waals surface area contributed by atoms with Crippen LogP contribution in [0.5, 0.6) is 0 Å². The Kier molecular flexibility index (Phi) is 5.96. The van der Waals surface area contributed by atoms with Crippen molar-refractivity contribution in [3.63, 3.8) is 0 Å². The zero-order valence-electron chi connectivity index (χ0n) is 19.4. The van der Waals surface area contributed by atoms with Crippen LogP contribution in [0.1, 0.15) is 34.1 Å². The second-order valence-electron chi connectivity index (χ2n) is 9.29. The van der Waals surface area contributed by atoms with Crippen LogP contribution < -0.4 is 15.9 Å². The molecule has 0 aliphatic carbocycles. The van der Waals surface area contributed by atoms with Gasteiger partial charge in [0.2, 0.25) is 5.95 Å². The second-order valence-corrected chi connectivity index (χ2v) is 9.29. The molecule has 2 aromatic heterocycles. The number of aromatic nitrogens is 4. The van der Waals surface area contributed by atoms with Gasteiger partial charge in [0.05, 0.1) is 28.8 Å². The van der Waals surface area contributed by atoms with Gasteiger partial charge in [-0.2, -0.15) is 4.98 Å². The van der Waals surface area contributed by atoms with Crippen LogP contribution in [0.4, 0.5) is 17.5 Å². The molecule has 9 heteroatoms. The van der Waals surface area contributed by atoms with Crippen molar-refractivity contribution in [1.29, 1.82) is 0 Å². The maximum atomic E-state index is 12.7. The number of morpholine rings is 1. The van der Waals surface area contributed by atoms with Gasteiger partial charge < -0.3 is 20.1 Å². The maximum absolute atomic E-state index is 12.7. The number of ether oxygens (including phenoxy) is 1. The highest BCUT2D eigenvalue weighted by Crippen LogP contribution is 2.24. The van der Waals surface area contributed by atoms with Crippen molar-refractivity contribution in [2.24, 2.45) is 7.05 Å². The molecule has 3 heterocycles. The smallest absolute Gasteiger partial charge is 0.328 e. The first-order valence-electron chi connectivity index (χ1n) is 11.0. The molecule has 0 amide bonds. The number of hydrogen-bond acceptors (Lipinski definition) is 7. The molecule has 2 atom stereocenters. The van der Waals surface area contributed by atoms with Crippen molar-refractivity contribution >= 4 is 28.5 Å². The van der Waals surface area contributed by atoms with E-state index >= 15 is 0 Å². The lowest BCUT2D eigenvalue weighted by molar-refractivity contribution is -0.00571. The van der Waals surface area contributed by atoms with E-state index in [1.165, 1.54) is 0 Å². The van der Waals surface area contributed by atoms with E-state index < -0.39 is 5.60 Å². The molecular weight excluding hydrogens is 408 g/mol. The largest absolute Gasteiger partial charge is 0.390 e. The quantitative estimate of drug-likeness (QED) is 0.608. The summed E-state index contributed by atoms with van der Waals surface area (Å²) in [7, 11) is 1.76. The second kappa shape index (κ2) is 8.55. The predicted molar refractivity (Wildman–Crippen MR) is 126 cm³/mol. The molecule has 9 nitrogen and oxygen atoms in total. The Balaban J connectivity index is 1.60. The van der Waals surface area contributed by atoms with Crippen LogP contribution in [0.3, 0.4) is 0 Å². The topological polar surface area (TPSA) is 97.4 Å². The van der Waals surface area contributed by atoms with Crippen LogP contribution >= 0.6 is 0 Å². The van der Waals surface area contributed by atoms with E-state index in [1.807, 2.05) is 24.3 Å². The number of aryl methyl sites for hydroxylation is 2. The average molecular weight is 441 g/mol. The molecular formula is C23H32N6O3. The predicted octanol–water partition coefficient (Wildman–Crippen LogP) is 2.65. The fourth-order valence-electron chi connectivity index (χ4n) is 4.15. The number of fused-ring (bicyclic) bond motifs is 1. The standard InChI is InChI=1S/C23H32N6O3/c1-15-13-28(14-16(2)32-15)21-24-10-8-20(26-21)25-17-6-7-18-19(12-17)29(22(30)27(18)5)11-9-23(3,4)31/h6-8,10,12,15-16,31H,9,11,13-14H2,1-5H3,(H,24,25,26)/t15-,16+. The molecule has 32 heavy (non-hydrogen) atoms. The van der Waals surface area contributed by atoms with Gasteiger partial charge in [-0.15, -0.1) is 0 Å². The molecule has 2 N–H and O–H groups in total. The Bertz CT molecular complexity index is 1150. The summed E-state index contributed by atoms with van der Waals surface area (Å²) in [6, 6.07) is 7.63. The maximum Gasteiger partial charge on any atom is 0.328 e. The minimum Gasteiger partial charge on any atom is -0.390 e. The highest BCUT2D eigenvalue weighted by Gasteiger charge is 2.24. The summed E-state index contributed by atoms with van der Waals surface area (Å²) in [6.45, 7) is 9.54. The van der Waals surface area contributed by atoms with Crippen LogP contribution in [-0.2, 0) is 18.3 Å². The molecule has 1 aliphatic heterocycles. The van der Waals surface area contributed by atoms with Gasteiger partial charge in [-0.05, 0) is 58.4 Å². The molecule has 3 aromatic rings. The summed E-state index contributed by atoms with van der Waals surface area (Å²) in [5.41, 5.74) is 1.55. The first kappa shape index (κ1) is 22.3. The number of anilines is 3. The highest BCUT2D eigenvalue weighted by atomic mass is 16.5. The summed E-state index contributed by atoms with van der Waals surface area (Å²) in [5.74, 6) is 1.35. The SMILES string of the molecule is C[C@@H]1CN(c2nccc(Nc3ccc4c(c3)n(CCC(C)(C)O)c(=O)n4C)n2)C[C@H](C)O1. The van der Waals surface area contributed by atoms with Crippen LogP contribution in [0.15, 0.2) is 35.3 Å². The molecule has 0 radical (unpaired) electrons. The molecule has 0 spiro atoms. The van der Waals surface area contributed by atoms with Gasteiger partial charge in [-0.3, -0.25) is 9.13 Å². The zero-order valence-corrected chi connectivity index (χ0v) is 19.4. The molecule has 0 saturated carbocycles. The molecule has 0 unspecified atom stereocenters. The zero-order chi connectivity index (χ0) is 23.0. The first-order chi connectivity index (χ1) is 15.1. The average Bonchev–Trinajstić information content (AvgIpc) is 2.95.